The maximum Gasteiger partial charge on any atom is 0.227 e. The predicted molar refractivity (Wildman–Crippen MR) is 87.6 cm³/mol. The lowest BCUT2D eigenvalue weighted by atomic mass is 10.2. The standard InChI is InChI=1S/C15H16N6OS/c22-15(9-13-2-1-7-23-13)20-5-3-19(4-6-20)12-8-14-18-16-11-21(14)17-10-12/h1-2,7-8,10-11H,3-6,9H2. The molecule has 8 heteroatoms. The van der Waals surface area contributed by atoms with Gasteiger partial charge in [0, 0.05) is 37.1 Å². The van der Waals surface area contributed by atoms with Crippen LogP contribution in [-0.2, 0) is 11.2 Å². The highest BCUT2D eigenvalue weighted by atomic mass is 32.1. The molecular formula is C15H16N6OS. The van der Waals surface area contributed by atoms with Crippen LogP contribution < -0.4 is 4.90 Å². The number of fused-ring (bicyclic) bond motifs is 1. The number of hydrogen-bond acceptors (Lipinski definition) is 6. The third kappa shape index (κ3) is 2.89. The zero-order chi connectivity index (χ0) is 15.6. The highest BCUT2D eigenvalue weighted by molar-refractivity contribution is 7.10. The molecule has 0 unspecified atom stereocenters. The first-order chi connectivity index (χ1) is 11.3. The summed E-state index contributed by atoms with van der Waals surface area (Å²) in [6.07, 6.45) is 3.91. The zero-order valence-electron chi connectivity index (χ0n) is 12.5. The third-order valence-electron chi connectivity index (χ3n) is 4.05. The average Bonchev–Trinajstić information content (AvgIpc) is 3.25. The van der Waals surface area contributed by atoms with Crippen molar-refractivity contribution < 1.29 is 4.79 Å². The van der Waals surface area contributed by atoms with Gasteiger partial charge in [0.05, 0.1) is 18.3 Å². The number of carbonyl (C=O) groups is 1. The van der Waals surface area contributed by atoms with E-state index in [1.54, 1.807) is 22.2 Å². The highest BCUT2D eigenvalue weighted by Gasteiger charge is 2.22. The number of amides is 1. The summed E-state index contributed by atoms with van der Waals surface area (Å²) < 4.78 is 1.64. The highest BCUT2D eigenvalue weighted by Crippen LogP contribution is 2.17. The van der Waals surface area contributed by atoms with Gasteiger partial charge in [-0.15, -0.1) is 21.5 Å². The van der Waals surface area contributed by atoms with E-state index >= 15 is 0 Å². The molecule has 0 saturated carbocycles. The quantitative estimate of drug-likeness (QED) is 0.720. The molecule has 0 radical (unpaired) electrons. The van der Waals surface area contributed by atoms with Crippen molar-refractivity contribution in [2.45, 2.75) is 6.42 Å². The molecule has 1 fully saturated rings. The van der Waals surface area contributed by atoms with Crippen LogP contribution >= 0.6 is 11.3 Å². The Bertz CT molecular complexity index is 806. The molecule has 3 aromatic rings. The number of thiophene rings is 1. The van der Waals surface area contributed by atoms with Crippen molar-refractivity contribution in [1.82, 2.24) is 24.7 Å². The number of rotatable bonds is 3. The second-order valence-corrected chi connectivity index (χ2v) is 6.50. The lowest BCUT2D eigenvalue weighted by molar-refractivity contribution is -0.130. The minimum absolute atomic E-state index is 0.207. The smallest absolute Gasteiger partial charge is 0.227 e. The van der Waals surface area contributed by atoms with Gasteiger partial charge in [-0.2, -0.15) is 5.10 Å². The van der Waals surface area contributed by atoms with Gasteiger partial charge >= 0.3 is 0 Å². The Morgan fingerprint density at radius 2 is 2.13 bits per heavy atom. The second kappa shape index (κ2) is 5.96. The van der Waals surface area contributed by atoms with Gasteiger partial charge < -0.3 is 9.80 Å². The molecule has 118 valence electrons. The fourth-order valence-corrected chi connectivity index (χ4v) is 3.47. The van der Waals surface area contributed by atoms with Crippen molar-refractivity contribution in [2.24, 2.45) is 0 Å². The Morgan fingerprint density at radius 3 is 2.91 bits per heavy atom. The van der Waals surface area contributed by atoms with Crippen molar-refractivity contribution in [3.8, 4) is 0 Å². The Morgan fingerprint density at radius 1 is 1.26 bits per heavy atom. The van der Waals surface area contributed by atoms with Gasteiger partial charge in [-0.1, -0.05) is 6.07 Å². The average molecular weight is 328 g/mol. The molecule has 1 aliphatic heterocycles. The molecule has 0 bridgehead atoms. The van der Waals surface area contributed by atoms with Crippen molar-refractivity contribution in [2.75, 3.05) is 31.1 Å². The monoisotopic (exact) mass is 328 g/mol. The summed E-state index contributed by atoms with van der Waals surface area (Å²) in [5.74, 6) is 0.207. The number of nitrogens with zero attached hydrogens (tertiary/aromatic N) is 6. The van der Waals surface area contributed by atoms with Crippen LogP contribution in [0, 0.1) is 0 Å². The number of aromatic nitrogens is 4. The second-order valence-electron chi connectivity index (χ2n) is 5.47. The van der Waals surface area contributed by atoms with Gasteiger partial charge in [0.15, 0.2) is 5.65 Å². The zero-order valence-corrected chi connectivity index (χ0v) is 13.3. The van der Waals surface area contributed by atoms with Crippen molar-refractivity contribution in [3.05, 3.63) is 41.0 Å². The van der Waals surface area contributed by atoms with E-state index in [9.17, 15) is 4.79 Å². The van der Waals surface area contributed by atoms with Crippen LogP contribution in [0.1, 0.15) is 4.88 Å². The van der Waals surface area contributed by atoms with Crippen LogP contribution in [0.15, 0.2) is 36.1 Å². The van der Waals surface area contributed by atoms with Crippen LogP contribution in [-0.4, -0.2) is 56.8 Å². The minimum Gasteiger partial charge on any atom is -0.367 e. The van der Waals surface area contributed by atoms with Gasteiger partial charge in [0.25, 0.3) is 0 Å². The minimum atomic E-state index is 0.207. The van der Waals surface area contributed by atoms with Gasteiger partial charge in [-0.05, 0) is 11.4 Å². The summed E-state index contributed by atoms with van der Waals surface area (Å²) in [5.41, 5.74) is 1.76. The molecule has 4 heterocycles. The van der Waals surface area contributed by atoms with E-state index in [0.717, 1.165) is 42.4 Å². The van der Waals surface area contributed by atoms with Crippen molar-refractivity contribution in [3.63, 3.8) is 0 Å². The normalized spacial score (nSPS) is 15.3. The van der Waals surface area contributed by atoms with Gasteiger partial charge in [0.1, 0.15) is 6.33 Å². The molecule has 3 aromatic heterocycles. The lowest BCUT2D eigenvalue weighted by Crippen LogP contribution is -2.49. The van der Waals surface area contributed by atoms with Crippen LogP contribution in [0.25, 0.3) is 5.65 Å². The van der Waals surface area contributed by atoms with Crippen LogP contribution in [0.2, 0.25) is 0 Å². The summed E-state index contributed by atoms with van der Waals surface area (Å²) in [6, 6.07) is 5.97. The van der Waals surface area contributed by atoms with Crippen LogP contribution in [0.3, 0.4) is 0 Å². The molecule has 0 spiro atoms. The molecule has 0 atom stereocenters. The van der Waals surface area contributed by atoms with E-state index in [1.165, 1.54) is 0 Å². The molecule has 1 aliphatic rings. The third-order valence-corrected chi connectivity index (χ3v) is 4.93. The molecule has 0 aromatic carbocycles. The predicted octanol–water partition coefficient (Wildman–Crippen LogP) is 1.08. The maximum absolute atomic E-state index is 12.3. The molecule has 0 aliphatic carbocycles. The van der Waals surface area contributed by atoms with Crippen LogP contribution in [0.5, 0.6) is 0 Å². The number of hydrogen-bond donors (Lipinski definition) is 0. The van der Waals surface area contributed by atoms with Gasteiger partial charge in [-0.3, -0.25) is 4.79 Å². The van der Waals surface area contributed by atoms with E-state index in [4.69, 9.17) is 0 Å². The maximum atomic E-state index is 12.3. The fourth-order valence-electron chi connectivity index (χ4n) is 2.77. The largest absolute Gasteiger partial charge is 0.367 e. The summed E-state index contributed by atoms with van der Waals surface area (Å²) in [7, 11) is 0. The van der Waals surface area contributed by atoms with E-state index in [1.807, 2.05) is 34.7 Å². The molecule has 0 N–H and O–H groups in total. The van der Waals surface area contributed by atoms with E-state index in [-0.39, 0.29) is 5.91 Å². The fraction of sp³-hybridized carbons (Fsp3) is 0.333. The molecule has 7 nitrogen and oxygen atoms in total. The first-order valence-electron chi connectivity index (χ1n) is 7.51. The van der Waals surface area contributed by atoms with E-state index in [0.29, 0.717) is 6.42 Å². The molecule has 4 rings (SSSR count). The van der Waals surface area contributed by atoms with Gasteiger partial charge in [-0.25, -0.2) is 4.52 Å². The van der Waals surface area contributed by atoms with Gasteiger partial charge in [0.2, 0.25) is 5.91 Å². The number of piperazine rings is 1. The van der Waals surface area contributed by atoms with Crippen molar-refractivity contribution >= 4 is 28.6 Å². The Labute approximate surface area is 137 Å². The molecule has 1 amide bonds. The summed E-state index contributed by atoms with van der Waals surface area (Å²) in [6.45, 7) is 3.09. The molecular weight excluding hydrogens is 312 g/mol. The van der Waals surface area contributed by atoms with Crippen LogP contribution in [0.4, 0.5) is 5.69 Å². The number of carbonyl (C=O) groups excluding carboxylic acids is 1. The number of anilines is 1. The first kappa shape index (κ1) is 14.1. The van der Waals surface area contributed by atoms with Crippen molar-refractivity contribution in [1.29, 1.82) is 0 Å². The summed E-state index contributed by atoms with van der Waals surface area (Å²) >= 11 is 1.63. The summed E-state index contributed by atoms with van der Waals surface area (Å²) in [4.78, 5) is 17.6. The Kier molecular flexibility index (Phi) is 3.66. The lowest BCUT2D eigenvalue weighted by Gasteiger charge is -2.35. The Hall–Kier alpha value is -2.48. The Balaban J connectivity index is 1.39. The molecule has 23 heavy (non-hydrogen) atoms. The first-order valence-corrected chi connectivity index (χ1v) is 8.39. The SMILES string of the molecule is O=C(Cc1cccs1)N1CCN(c2cnn3cnnc3c2)CC1. The summed E-state index contributed by atoms with van der Waals surface area (Å²) in [5, 5.41) is 14.2. The topological polar surface area (TPSA) is 66.6 Å². The van der Waals surface area contributed by atoms with E-state index < -0.39 is 0 Å². The molecule has 1 saturated heterocycles. The van der Waals surface area contributed by atoms with E-state index in [2.05, 4.69) is 20.2 Å².